The number of rotatable bonds is 6. The lowest BCUT2D eigenvalue weighted by Crippen LogP contribution is -2.49. The highest BCUT2D eigenvalue weighted by atomic mass is 28.3. The predicted molar refractivity (Wildman–Crippen MR) is 96.9 cm³/mol. The molecule has 0 unspecified atom stereocenters. The fraction of sp³-hybridized carbons (Fsp3) is 0.333. The van der Waals surface area contributed by atoms with Gasteiger partial charge in [0, 0.05) is 37.8 Å². The van der Waals surface area contributed by atoms with E-state index in [1.165, 1.54) is 11.4 Å². The first-order valence-corrected chi connectivity index (χ1v) is 10.9. The zero-order valence-corrected chi connectivity index (χ0v) is 14.6. The maximum atomic E-state index is 2.46. The Morgan fingerprint density at radius 3 is 1.33 bits per heavy atom. The van der Waals surface area contributed by atoms with Crippen molar-refractivity contribution < 1.29 is 0 Å². The maximum absolute atomic E-state index is 2.46. The van der Waals surface area contributed by atoms with Crippen molar-refractivity contribution in [3.8, 4) is 0 Å². The lowest BCUT2D eigenvalue weighted by molar-refractivity contribution is 0.998. The lowest BCUT2D eigenvalue weighted by atomic mass is 10.3. The molecule has 0 aromatic heterocycles. The van der Waals surface area contributed by atoms with E-state index in [4.69, 9.17) is 0 Å². The third-order valence-corrected chi connectivity index (χ3v) is 6.39. The van der Waals surface area contributed by atoms with Crippen LogP contribution < -0.4 is 9.80 Å². The van der Waals surface area contributed by atoms with Gasteiger partial charge in [-0.3, -0.25) is 0 Å². The molecule has 21 heavy (non-hydrogen) atoms. The summed E-state index contributed by atoms with van der Waals surface area (Å²) in [6.45, 7) is 4.93. The average molecular weight is 299 g/mol. The van der Waals surface area contributed by atoms with Crippen molar-refractivity contribution in [2.24, 2.45) is 0 Å². The van der Waals surface area contributed by atoms with E-state index in [-0.39, 0.29) is 0 Å². The van der Waals surface area contributed by atoms with Crippen LogP contribution >= 0.6 is 0 Å². The summed E-state index contributed by atoms with van der Waals surface area (Å²) in [7, 11) is 3.06. The minimum Gasteiger partial charge on any atom is -0.377 e. The van der Waals surface area contributed by atoms with Crippen molar-refractivity contribution >= 4 is 19.4 Å². The molecule has 0 aliphatic rings. The van der Waals surface area contributed by atoms with Crippen LogP contribution in [0.15, 0.2) is 60.7 Å². The molecule has 2 nitrogen and oxygen atoms in total. The summed E-state index contributed by atoms with van der Waals surface area (Å²) < 4.78 is 0. The molecule has 0 spiro atoms. The number of anilines is 2. The van der Waals surface area contributed by atoms with E-state index in [2.05, 4.69) is 97.7 Å². The highest BCUT2D eigenvalue weighted by Gasteiger charge is 2.25. The van der Waals surface area contributed by atoms with Crippen LogP contribution in [0.25, 0.3) is 0 Å². The van der Waals surface area contributed by atoms with Gasteiger partial charge in [0.05, 0.1) is 8.07 Å². The molecule has 0 bridgehead atoms. The molecule has 0 radical (unpaired) electrons. The van der Waals surface area contributed by atoms with E-state index in [0.29, 0.717) is 0 Å². The van der Waals surface area contributed by atoms with Crippen molar-refractivity contribution in [1.29, 1.82) is 0 Å². The second-order valence-electron chi connectivity index (χ2n) is 6.55. The van der Waals surface area contributed by atoms with Gasteiger partial charge < -0.3 is 9.80 Å². The number of hydrogen-bond donors (Lipinski definition) is 0. The van der Waals surface area contributed by atoms with Gasteiger partial charge in [-0.1, -0.05) is 49.5 Å². The van der Waals surface area contributed by atoms with E-state index in [1.807, 2.05) is 0 Å². The van der Waals surface area contributed by atoms with Gasteiger partial charge >= 0.3 is 0 Å². The summed E-state index contributed by atoms with van der Waals surface area (Å²) in [5.41, 5.74) is 2.61. The lowest BCUT2D eigenvalue weighted by Gasteiger charge is -2.34. The molecule has 0 atom stereocenters. The fourth-order valence-electron chi connectivity index (χ4n) is 2.88. The Labute approximate surface area is 130 Å². The molecule has 0 aliphatic carbocycles. The smallest absolute Gasteiger partial charge is 0.0909 e. The van der Waals surface area contributed by atoms with Crippen LogP contribution in [0.3, 0.4) is 0 Å². The van der Waals surface area contributed by atoms with Gasteiger partial charge in [0.15, 0.2) is 0 Å². The summed E-state index contributed by atoms with van der Waals surface area (Å²) in [5.74, 6) is 0. The molecular formula is C18H26N2Si. The Balaban J connectivity index is 1.98. The number of nitrogens with zero attached hydrogens (tertiary/aromatic N) is 2. The van der Waals surface area contributed by atoms with Crippen LogP contribution in [0, 0.1) is 0 Å². The van der Waals surface area contributed by atoms with Gasteiger partial charge in [0.2, 0.25) is 0 Å². The first-order valence-electron chi connectivity index (χ1n) is 7.50. The van der Waals surface area contributed by atoms with E-state index in [0.717, 1.165) is 12.3 Å². The first kappa shape index (κ1) is 15.6. The summed E-state index contributed by atoms with van der Waals surface area (Å²) in [4.78, 5) is 4.79. The van der Waals surface area contributed by atoms with Gasteiger partial charge in [-0.05, 0) is 24.3 Å². The molecule has 0 N–H and O–H groups in total. The topological polar surface area (TPSA) is 6.48 Å². The van der Waals surface area contributed by atoms with Crippen LogP contribution in [0.2, 0.25) is 13.1 Å². The second-order valence-corrected chi connectivity index (χ2v) is 11.5. The van der Waals surface area contributed by atoms with Crippen LogP contribution in [-0.2, 0) is 0 Å². The van der Waals surface area contributed by atoms with Crippen molar-refractivity contribution in [1.82, 2.24) is 0 Å². The van der Waals surface area contributed by atoms with Crippen LogP contribution in [0.4, 0.5) is 11.4 Å². The molecule has 3 heteroatoms. The molecule has 2 aromatic rings. The molecule has 112 valence electrons. The molecule has 0 fully saturated rings. The van der Waals surface area contributed by atoms with Crippen LogP contribution in [-0.4, -0.2) is 34.5 Å². The van der Waals surface area contributed by atoms with Crippen LogP contribution in [0.1, 0.15) is 0 Å². The van der Waals surface area contributed by atoms with E-state index in [1.54, 1.807) is 0 Å². The van der Waals surface area contributed by atoms with Crippen molar-refractivity contribution in [2.75, 3.05) is 36.2 Å². The number of hydrogen-bond acceptors (Lipinski definition) is 2. The molecule has 2 rings (SSSR count). The highest BCUT2D eigenvalue weighted by molar-refractivity contribution is 6.78. The normalized spacial score (nSPS) is 11.2. The minimum absolute atomic E-state index is 1.16. The fourth-order valence-corrected chi connectivity index (χ4v) is 5.91. The van der Waals surface area contributed by atoms with Crippen molar-refractivity contribution in [2.45, 2.75) is 13.1 Å². The average Bonchev–Trinajstić information content (AvgIpc) is 2.48. The van der Waals surface area contributed by atoms with Gasteiger partial charge in [-0.2, -0.15) is 0 Å². The zero-order chi connectivity index (χ0) is 15.3. The number of para-hydroxylation sites is 2. The van der Waals surface area contributed by atoms with Gasteiger partial charge in [-0.15, -0.1) is 0 Å². The molecule has 0 saturated heterocycles. The minimum atomic E-state index is -1.34. The van der Waals surface area contributed by atoms with Gasteiger partial charge in [0.25, 0.3) is 0 Å². The van der Waals surface area contributed by atoms with Crippen LogP contribution in [0.5, 0.6) is 0 Å². The third kappa shape index (κ3) is 4.64. The Morgan fingerprint density at radius 1 is 0.667 bits per heavy atom. The van der Waals surface area contributed by atoms with Gasteiger partial charge in [0.1, 0.15) is 0 Å². The molecule has 0 amide bonds. The summed E-state index contributed by atoms with van der Waals surface area (Å²) in [6.07, 6.45) is 2.32. The largest absolute Gasteiger partial charge is 0.377 e. The second kappa shape index (κ2) is 6.81. The Morgan fingerprint density at radius 2 is 1.00 bits per heavy atom. The van der Waals surface area contributed by atoms with Crippen molar-refractivity contribution in [3.05, 3.63) is 60.7 Å². The van der Waals surface area contributed by atoms with Crippen molar-refractivity contribution in [3.63, 3.8) is 0 Å². The predicted octanol–water partition coefficient (Wildman–Crippen LogP) is 4.05. The summed E-state index contributed by atoms with van der Waals surface area (Å²) >= 11 is 0. The SMILES string of the molecule is CN(C[Si](C)(C)CN(C)c1ccccc1)c1ccccc1. The summed E-state index contributed by atoms with van der Waals surface area (Å²) in [5, 5.41) is 0. The Hall–Kier alpha value is -1.74. The first-order chi connectivity index (χ1) is 9.98. The monoisotopic (exact) mass is 298 g/mol. The summed E-state index contributed by atoms with van der Waals surface area (Å²) in [6, 6.07) is 21.3. The molecule has 0 aliphatic heterocycles. The zero-order valence-electron chi connectivity index (χ0n) is 13.6. The quantitative estimate of drug-likeness (QED) is 0.743. The Bertz CT molecular complexity index is 490. The molecular weight excluding hydrogens is 272 g/mol. The van der Waals surface area contributed by atoms with E-state index < -0.39 is 8.07 Å². The molecule has 2 aromatic carbocycles. The maximum Gasteiger partial charge on any atom is 0.0909 e. The Kier molecular flexibility index (Phi) is 5.07. The van der Waals surface area contributed by atoms with Gasteiger partial charge in [-0.25, -0.2) is 0 Å². The van der Waals surface area contributed by atoms with E-state index >= 15 is 0 Å². The third-order valence-electron chi connectivity index (χ3n) is 3.72. The number of benzene rings is 2. The highest BCUT2D eigenvalue weighted by Crippen LogP contribution is 2.18. The molecule has 0 heterocycles. The molecule has 0 saturated carbocycles. The standard InChI is InChI=1S/C18H26N2Si/c1-19(17-11-7-5-8-12-17)15-21(3,4)16-20(2)18-13-9-6-10-14-18/h5-14H,15-16H2,1-4H3. The van der Waals surface area contributed by atoms with E-state index in [9.17, 15) is 0 Å².